The molecule has 0 aliphatic rings. The molecule has 0 radical (unpaired) electrons. The second kappa shape index (κ2) is 8.52. The van der Waals surface area contributed by atoms with Crippen LogP contribution in [-0.2, 0) is 14.4 Å². The second-order valence-electron chi connectivity index (χ2n) is 6.63. The lowest BCUT2D eigenvalue weighted by molar-refractivity contribution is -0.136. The lowest BCUT2D eigenvalue weighted by Gasteiger charge is -2.15. The predicted octanol–water partition coefficient (Wildman–Crippen LogP) is 3.75. The predicted molar refractivity (Wildman–Crippen MR) is 110 cm³/mol. The second-order valence-corrected chi connectivity index (χ2v) is 6.63. The van der Waals surface area contributed by atoms with Crippen molar-refractivity contribution in [2.24, 2.45) is 0 Å². The number of hydrogen-bond acceptors (Lipinski definition) is 3. The van der Waals surface area contributed by atoms with Crippen LogP contribution in [0.15, 0.2) is 60.7 Å². The van der Waals surface area contributed by atoms with Crippen LogP contribution in [0.5, 0.6) is 0 Å². The van der Waals surface area contributed by atoms with Crippen LogP contribution in [0.2, 0.25) is 0 Å². The molecule has 3 N–H and O–H groups in total. The standard InChI is InChI=1S/C22H20FN3O3/c1-13(16-8-7-15-5-3-4-6-17(15)11-16)24-21(28)22(29)26-18-9-10-19(23)20(12-18)25-14(2)27/h3-13H,1-2H3,(H,24,28)(H,25,27)(H,26,29)/t13-/m1/s1. The van der Waals surface area contributed by atoms with E-state index in [2.05, 4.69) is 16.0 Å². The SMILES string of the molecule is CC(=O)Nc1cc(NC(=O)C(=O)N[C@H](C)c2ccc3ccccc3c2)ccc1F. The minimum absolute atomic E-state index is 0.0831. The molecule has 0 aromatic heterocycles. The van der Waals surface area contributed by atoms with Crippen LogP contribution in [0.25, 0.3) is 10.8 Å². The molecule has 0 unspecified atom stereocenters. The molecule has 0 heterocycles. The van der Waals surface area contributed by atoms with E-state index >= 15 is 0 Å². The van der Waals surface area contributed by atoms with Gasteiger partial charge in [-0.3, -0.25) is 14.4 Å². The van der Waals surface area contributed by atoms with E-state index in [9.17, 15) is 18.8 Å². The summed E-state index contributed by atoms with van der Waals surface area (Å²) in [6, 6.07) is 16.9. The molecule has 0 aliphatic heterocycles. The summed E-state index contributed by atoms with van der Waals surface area (Å²) in [6.07, 6.45) is 0. The van der Waals surface area contributed by atoms with Crippen LogP contribution in [0, 0.1) is 5.82 Å². The normalized spacial score (nSPS) is 11.6. The first kappa shape index (κ1) is 20.0. The molecule has 0 spiro atoms. The van der Waals surface area contributed by atoms with E-state index < -0.39 is 23.5 Å². The van der Waals surface area contributed by atoms with Crippen LogP contribution in [-0.4, -0.2) is 17.7 Å². The van der Waals surface area contributed by atoms with E-state index in [1.807, 2.05) is 42.5 Å². The maximum absolute atomic E-state index is 13.7. The molecule has 0 saturated carbocycles. The number of carbonyl (C=O) groups is 3. The van der Waals surface area contributed by atoms with Gasteiger partial charge < -0.3 is 16.0 Å². The van der Waals surface area contributed by atoms with Crippen molar-refractivity contribution in [3.05, 3.63) is 72.0 Å². The van der Waals surface area contributed by atoms with Crippen molar-refractivity contribution < 1.29 is 18.8 Å². The first-order chi connectivity index (χ1) is 13.8. The molecule has 3 aromatic carbocycles. The third kappa shape index (κ3) is 4.95. The molecule has 0 saturated heterocycles. The molecule has 3 amide bonds. The van der Waals surface area contributed by atoms with Crippen molar-refractivity contribution in [3.8, 4) is 0 Å². The van der Waals surface area contributed by atoms with Gasteiger partial charge in [-0.25, -0.2) is 4.39 Å². The van der Waals surface area contributed by atoms with Crippen molar-refractivity contribution in [2.75, 3.05) is 10.6 Å². The van der Waals surface area contributed by atoms with Gasteiger partial charge in [-0.1, -0.05) is 36.4 Å². The summed E-state index contributed by atoms with van der Waals surface area (Å²) in [6.45, 7) is 3.02. The van der Waals surface area contributed by atoms with E-state index in [1.165, 1.54) is 19.1 Å². The maximum atomic E-state index is 13.7. The lowest BCUT2D eigenvalue weighted by atomic mass is 10.0. The zero-order valence-corrected chi connectivity index (χ0v) is 16.0. The summed E-state index contributed by atoms with van der Waals surface area (Å²) in [5.74, 6) is -2.81. The van der Waals surface area contributed by atoms with Gasteiger partial charge in [-0.2, -0.15) is 0 Å². The van der Waals surface area contributed by atoms with E-state index in [0.29, 0.717) is 0 Å². The monoisotopic (exact) mass is 393 g/mol. The van der Waals surface area contributed by atoms with Gasteiger partial charge in [0.1, 0.15) is 5.82 Å². The van der Waals surface area contributed by atoms with Crippen LogP contribution in [0.4, 0.5) is 15.8 Å². The number of carbonyl (C=O) groups excluding carboxylic acids is 3. The zero-order chi connectivity index (χ0) is 21.0. The van der Waals surface area contributed by atoms with Crippen LogP contribution >= 0.6 is 0 Å². The molecular formula is C22H20FN3O3. The fourth-order valence-electron chi connectivity index (χ4n) is 2.90. The number of benzene rings is 3. The maximum Gasteiger partial charge on any atom is 0.313 e. The molecule has 3 aromatic rings. The van der Waals surface area contributed by atoms with Gasteiger partial charge in [0, 0.05) is 12.6 Å². The average molecular weight is 393 g/mol. The Bertz CT molecular complexity index is 1100. The molecule has 1 atom stereocenters. The van der Waals surface area contributed by atoms with E-state index in [-0.39, 0.29) is 17.4 Å². The van der Waals surface area contributed by atoms with E-state index in [4.69, 9.17) is 0 Å². The van der Waals surface area contributed by atoms with E-state index in [1.54, 1.807) is 6.92 Å². The molecule has 3 rings (SSSR count). The van der Waals surface area contributed by atoms with Gasteiger partial charge in [0.05, 0.1) is 11.7 Å². The third-order valence-corrected chi connectivity index (χ3v) is 4.36. The first-order valence-electron chi connectivity index (χ1n) is 9.01. The molecule has 6 nitrogen and oxygen atoms in total. The van der Waals surface area contributed by atoms with Gasteiger partial charge >= 0.3 is 11.8 Å². The van der Waals surface area contributed by atoms with Crippen LogP contribution in [0.3, 0.4) is 0 Å². The summed E-state index contributed by atoms with van der Waals surface area (Å²) in [4.78, 5) is 35.6. The van der Waals surface area contributed by atoms with Crippen molar-refractivity contribution in [2.45, 2.75) is 19.9 Å². The Hall–Kier alpha value is -3.74. The molecule has 0 aliphatic carbocycles. The molecular weight excluding hydrogens is 373 g/mol. The number of hydrogen-bond donors (Lipinski definition) is 3. The van der Waals surface area contributed by atoms with Crippen LogP contribution < -0.4 is 16.0 Å². The summed E-state index contributed by atoms with van der Waals surface area (Å²) in [5, 5.41) is 9.48. The van der Waals surface area contributed by atoms with Gasteiger partial charge in [0.2, 0.25) is 5.91 Å². The Labute approximate surface area is 167 Å². The summed E-state index contributed by atoms with van der Waals surface area (Å²) >= 11 is 0. The van der Waals surface area contributed by atoms with Crippen molar-refractivity contribution in [1.29, 1.82) is 0 Å². The zero-order valence-electron chi connectivity index (χ0n) is 16.0. The Balaban J connectivity index is 1.66. The van der Waals surface area contributed by atoms with Gasteiger partial charge in [-0.15, -0.1) is 0 Å². The Morgan fingerprint density at radius 2 is 1.59 bits per heavy atom. The minimum atomic E-state index is -0.891. The quantitative estimate of drug-likeness (QED) is 0.590. The highest BCUT2D eigenvalue weighted by Gasteiger charge is 2.18. The highest BCUT2D eigenvalue weighted by molar-refractivity contribution is 6.39. The van der Waals surface area contributed by atoms with Gasteiger partial charge in [-0.05, 0) is 47.5 Å². The fraction of sp³-hybridized carbons (Fsp3) is 0.136. The van der Waals surface area contributed by atoms with Crippen molar-refractivity contribution in [3.63, 3.8) is 0 Å². The molecule has 148 valence electrons. The van der Waals surface area contributed by atoms with Crippen molar-refractivity contribution >= 4 is 39.9 Å². The largest absolute Gasteiger partial charge is 0.341 e. The molecule has 0 fully saturated rings. The fourth-order valence-corrected chi connectivity index (χ4v) is 2.90. The van der Waals surface area contributed by atoms with Gasteiger partial charge in [0.15, 0.2) is 0 Å². The minimum Gasteiger partial charge on any atom is -0.341 e. The topological polar surface area (TPSA) is 87.3 Å². The summed E-state index contributed by atoms with van der Waals surface area (Å²) in [7, 11) is 0. The molecule has 0 bridgehead atoms. The van der Waals surface area contributed by atoms with Crippen molar-refractivity contribution in [1.82, 2.24) is 5.32 Å². The highest BCUT2D eigenvalue weighted by Crippen LogP contribution is 2.21. The average Bonchev–Trinajstić information content (AvgIpc) is 2.69. The lowest BCUT2D eigenvalue weighted by Crippen LogP contribution is -2.36. The summed E-state index contributed by atoms with van der Waals surface area (Å²) < 4.78 is 13.7. The number of anilines is 2. The summed E-state index contributed by atoms with van der Waals surface area (Å²) in [5.41, 5.74) is 0.966. The van der Waals surface area contributed by atoms with Crippen LogP contribution in [0.1, 0.15) is 25.5 Å². The number of rotatable bonds is 4. The Kier molecular flexibility index (Phi) is 5.87. The number of fused-ring (bicyclic) bond motifs is 1. The Morgan fingerprint density at radius 1 is 0.862 bits per heavy atom. The molecule has 7 heteroatoms. The first-order valence-corrected chi connectivity index (χ1v) is 9.01. The highest BCUT2D eigenvalue weighted by atomic mass is 19.1. The molecule has 29 heavy (non-hydrogen) atoms. The number of halogens is 1. The number of nitrogens with one attached hydrogen (secondary N) is 3. The number of amides is 3. The van der Waals surface area contributed by atoms with E-state index in [0.717, 1.165) is 22.4 Å². The Morgan fingerprint density at radius 3 is 2.31 bits per heavy atom. The third-order valence-electron chi connectivity index (χ3n) is 4.36. The van der Waals surface area contributed by atoms with Gasteiger partial charge in [0.25, 0.3) is 0 Å². The smallest absolute Gasteiger partial charge is 0.313 e.